The van der Waals surface area contributed by atoms with Gasteiger partial charge in [0, 0.05) is 35.3 Å². The minimum Gasteiger partial charge on any atom is -0.492 e. The van der Waals surface area contributed by atoms with E-state index < -0.39 is 6.23 Å². The van der Waals surface area contributed by atoms with Crippen molar-refractivity contribution in [1.82, 2.24) is 35.0 Å². The molecule has 6 aromatic rings. The normalized spacial score (nSPS) is 12.7. The molecule has 0 aliphatic heterocycles. The van der Waals surface area contributed by atoms with Crippen LogP contribution in [0.4, 0.5) is 10.1 Å². The molecule has 0 aliphatic carbocycles. The van der Waals surface area contributed by atoms with Gasteiger partial charge in [0.2, 0.25) is 0 Å². The summed E-state index contributed by atoms with van der Waals surface area (Å²) in [5, 5.41) is 22.1. The van der Waals surface area contributed by atoms with E-state index in [-0.39, 0.29) is 11.2 Å². The summed E-state index contributed by atoms with van der Waals surface area (Å²) in [5.41, 5.74) is 6.48. The monoisotopic (exact) mass is 608 g/mol. The summed E-state index contributed by atoms with van der Waals surface area (Å²) in [7, 11) is 3.93. The lowest BCUT2D eigenvalue weighted by Gasteiger charge is -2.23. The summed E-state index contributed by atoms with van der Waals surface area (Å²) >= 11 is 0. The fourth-order valence-electron chi connectivity index (χ4n) is 5.26. The lowest BCUT2D eigenvalue weighted by Crippen LogP contribution is -2.25. The van der Waals surface area contributed by atoms with Gasteiger partial charge in [0.05, 0.1) is 40.3 Å². The molecule has 4 N–H and O–H groups in total. The Balaban J connectivity index is 1.32. The molecule has 4 aromatic heterocycles. The number of aliphatic hydroxyl groups excluding tert-OH is 1. The Hall–Kier alpha value is -4.87. The summed E-state index contributed by atoms with van der Waals surface area (Å²) < 4.78 is 20.5. The van der Waals surface area contributed by atoms with Gasteiger partial charge < -0.3 is 25.0 Å². The number of ether oxygens (including phenoxy) is 1. The number of nitrogens with one attached hydrogen (secondary N) is 3. The number of fused-ring (bicyclic) bond motifs is 2. The highest BCUT2D eigenvalue weighted by Crippen LogP contribution is 2.34. The van der Waals surface area contributed by atoms with E-state index in [1.807, 2.05) is 55.4 Å². The van der Waals surface area contributed by atoms with E-state index in [0.717, 1.165) is 34.1 Å². The van der Waals surface area contributed by atoms with Crippen molar-refractivity contribution in [2.75, 3.05) is 32.6 Å². The standard InChI is InChI=1S/C34H37FN8O2/c1-34(2,3)16-30(44)38-23-12-21(17-36-18-23)28-15-26-29(19-37-28)41-42-32(26)33-39-27-8-6-7-25(31(27)40-33)20-11-22(35)14-24(13-20)45-10-9-43(4)5/h6-8,11-15,17-19,30,38,44H,9-10,16H2,1-5H3,(H,39,40)(H,41,42). The van der Waals surface area contributed by atoms with Crippen molar-refractivity contribution < 1.29 is 14.2 Å². The predicted molar refractivity (Wildman–Crippen MR) is 175 cm³/mol. The molecule has 2 aromatic carbocycles. The van der Waals surface area contributed by atoms with Crippen LogP contribution in [0.1, 0.15) is 27.2 Å². The van der Waals surface area contributed by atoms with E-state index in [2.05, 4.69) is 51.2 Å². The molecule has 0 amide bonds. The highest BCUT2D eigenvalue weighted by molar-refractivity contribution is 5.98. The molecular weight excluding hydrogens is 571 g/mol. The van der Waals surface area contributed by atoms with Crippen LogP contribution in [0.15, 0.2) is 67.1 Å². The first-order valence-corrected chi connectivity index (χ1v) is 14.8. The molecule has 1 unspecified atom stereocenters. The van der Waals surface area contributed by atoms with Crippen LogP contribution < -0.4 is 10.1 Å². The van der Waals surface area contributed by atoms with Crippen LogP contribution in [0.3, 0.4) is 0 Å². The Morgan fingerprint density at radius 2 is 1.87 bits per heavy atom. The van der Waals surface area contributed by atoms with Gasteiger partial charge in [-0.1, -0.05) is 32.9 Å². The second-order valence-electron chi connectivity index (χ2n) is 12.7. The minimum absolute atomic E-state index is 0.0282. The van der Waals surface area contributed by atoms with Crippen molar-refractivity contribution in [2.24, 2.45) is 5.41 Å². The van der Waals surface area contributed by atoms with Crippen molar-refractivity contribution in [3.8, 4) is 39.7 Å². The molecule has 0 saturated heterocycles. The molecule has 0 fully saturated rings. The van der Waals surface area contributed by atoms with Gasteiger partial charge in [-0.25, -0.2) is 9.37 Å². The Bertz CT molecular complexity index is 1960. The SMILES string of the molecule is CN(C)CCOc1cc(F)cc(-c2cccc3[nH]c(-c4n[nH]c5cnc(-c6cncc(NC(O)CC(C)(C)C)c6)cc45)nc23)c1. The number of rotatable bonds is 10. The van der Waals surface area contributed by atoms with Gasteiger partial charge in [-0.15, -0.1) is 0 Å². The van der Waals surface area contributed by atoms with E-state index in [1.165, 1.54) is 12.1 Å². The average molecular weight is 609 g/mol. The number of hydrogen-bond donors (Lipinski definition) is 4. The van der Waals surface area contributed by atoms with Crippen LogP contribution in [0.5, 0.6) is 5.75 Å². The number of halogens is 1. The van der Waals surface area contributed by atoms with E-state index in [9.17, 15) is 9.50 Å². The lowest BCUT2D eigenvalue weighted by atomic mass is 9.91. The smallest absolute Gasteiger partial charge is 0.159 e. The third-order valence-corrected chi connectivity index (χ3v) is 7.35. The van der Waals surface area contributed by atoms with Crippen molar-refractivity contribution in [1.29, 1.82) is 0 Å². The number of aromatic nitrogens is 6. The molecule has 6 rings (SSSR count). The molecule has 11 heteroatoms. The van der Waals surface area contributed by atoms with E-state index in [0.29, 0.717) is 52.8 Å². The molecule has 0 bridgehead atoms. The number of benzene rings is 2. The maximum atomic E-state index is 14.7. The number of pyridine rings is 2. The van der Waals surface area contributed by atoms with Gasteiger partial charge in [0.25, 0.3) is 0 Å². The van der Waals surface area contributed by atoms with Crippen molar-refractivity contribution in [3.05, 3.63) is 72.9 Å². The zero-order valence-electron chi connectivity index (χ0n) is 26.0. The number of aliphatic hydroxyl groups is 1. The second kappa shape index (κ2) is 12.3. The highest BCUT2D eigenvalue weighted by Gasteiger charge is 2.19. The first-order chi connectivity index (χ1) is 21.5. The lowest BCUT2D eigenvalue weighted by molar-refractivity contribution is 0.145. The van der Waals surface area contributed by atoms with Crippen LogP contribution in [-0.4, -0.2) is 73.6 Å². The molecular formula is C34H37FN8O2. The molecule has 4 heterocycles. The topological polar surface area (TPSA) is 128 Å². The molecule has 45 heavy (non-hydrogen) atoms. The highest BCUT2D eigenvalue weighted by atomic mass is 19.1. The van der Waals surface area contributed by atoms with Crippen LogP contribution in [-0.2, 0) is 0 Å². The third kappa shape index (κ3) is 6.95. The van der Waals surface area contributed by atoms with Crippen molar-refractivity contribution in [2.45, 2.75) is 33.4 Å². The maximum absolute atomic E-state index is 14.7. The number of anilines is 1. The maximum Gasteiger partial charge on any atom is 0.159 e. The molecule has 10 nitrogen and oxygen atoms in total. The van der Waals surface area contributed by atoms with E-state index in [1.54, 1.807) is 18.6 Å². The number of imidazole rings is 1. The minimum atomic E-state index is -0.703. The van der Waals surface area contributed by atoms with Crippen molar-refractivity contribution >= 4 is 27.6 Å². The van der Waals surface area contributed by atoms with Gasteiger partial charge in [-0.3, -0.25) is 15.1 Å². The van der Waals surface area contributed by atoms with Gasteiger partial charge >= 0.3 is 0 Å². The molecule has 0 spiro atoms. The second-order valence-corrected chi connectivity index (χ2v) is 12.7. The molecule has 0 aliphatic rings. The quantitative estimate of drug-likeness (QED) is 0.130. The van der Waals surface area contributed by atoms with Gasteiger partial charge in [0.1, 0.15) is 30.1 Å². The van der Waals surface area contributed by atoms with Gasteiger partial charge in [-0.2, -0.15) is 5.10 Å². The number of likely N-dealkylation sites (N-methyl/N-ethyl adjacent to an activating group) is 1. The van der Waals surface area contributed by atoms with Crippen LogP contribution in [0, 0.1) is 11.2 Å². The zero-order chi connectivity index (χ0) is 31.7. The number of H-pyrrole nitrogens is 2. The van der Waals surface area contributed by atoms with E-state index in [4.69, 9.17) is 9.72 Å². The average Bonchev–Trinajstić information content (AvgIpc) is 3.59. The summed E-state index contributed by atoms with van der Waals surface area (Å²) in [4.78, 5) is 19.3. The molecule has 0 saturated carbocycles. The Kier molecular flexibility index (Phi) is 8.22. The first kappa shape index (κ1) is 30.2. The van der Waals surface area contributed by atoms with Crippen LogP contribution in [0.25, 0.3) is 55.8 Å². The number of hydrogen-bond acceptors (Lipinski definition) is 8. The number of aromatic amines is 2. The molecule has 232 valence electrons. The largest absolute Gasteiger partial charge is 0.492 e. The Labute approximate surface area is 260 Å². The van der Waals surface area contributed by atoms with E-state index >= 15 is 0 Å². The Morgan fingerprint density at radius 1 is 1.02 bits per heavy atom. The number of nitrogens with zero attached hydrogens (tertiary/aromatic N) is 5. The van der Waals surface area contributed by atoms with Crippen LogP contribution in [0.2, 0.25) is 0 Å². The van der Waals surface area contributed by atoms with Gasteiger partial charge in [-0.05, 0) is 61.8 Å². The summed E-state index contributed by atoms with van der Waals surface area (Å²) in [5.74, 6) is 0.657. The Morgan fingerprint density at radius 3 is 2.67 bits per heavy atom. The predicted octanol–water partition coefficient (Wildman–Crippen LogP) is 6.48. The fourth-order valence-corrected chi connectivity index (χ4v) is 5.26. The summed E-state index contributed by atoms with van der Waals surface area (Å²) in [6, 6.07) is 14.3. The molecule has 1 atom stereocenters. The van der Waals surface area contributed by atoms with Crippen molar-refractivity contribution in [3.63, 3.8) is 0 Å². The third-order valence-electron chi connectivity index (χ3n) is 7.35. The van der Waals surface area contributed by atoms with Crippen LogP contribution >= 0.6 is 0 Å². The summed E-state index contributed by atoms with van der Waals surface area (Å²) in [6.45, 7) is 7.41. The van der Waals surface area contributed by atoms with Gasteiger partial charge in [0.15, 0.2) is 5.82 Å². The first-order valence-electron chi connectivity index (χ1n) is 14.8. The number of para-hydroxylation sites is 1. The molecule has 0 radical (unpaired) electrons. The summed E-state index contributed by atoms with van der Waals surface area (Å²) in [6.07, 6.45) is 5.03. The fraction of sp³-hybridized carbons (Fsp3) is 0.294. The zero-order valence-corrected chi connectivity index (χ0v) is 26.0.